The van der Waals surface area contributed by atoms with Crippen molar-refractivity contribution < 1.29 is 9.18 Å². The fourth-order valence-corrected chi connectivity index (χ4v) is 4.04. The molecule has 1 saturated heterocycles. The second-order valence-corrected chi connectivity index (χ2v) is 7.20. The SMILES string of the molecule is O=C(c1cn(Cc2ccccc2F)nn1)N1CCCC[C@@H]1c1nccs1. The van der Waals surface area contributed by atoms with Crippen LogP contribution in [0.25, 0.3) is 0 Å². The monoisotopic (exact) mass is 371 g/mol. The normalized spacial score (nSPS) is 17.4. The predicted molar refractivity (Wildman–Crippen MR) is 95.3 cm³/mol. The van der Waals surface area contributed by atoms with Gasteiger partial charge in [-0.3, -0.25) is 4.79 Å². The first-order valence-corrected chi connectivity index (χ1v) is 9.44. The standard InChI is InChI=1S/C18H18FN5OS/c19-14-6-2-1-5-13(14)11-23-12-15(21-22-23)18(25)24-9-4-3-7-16(24)17-20-8-10-26-17/h1-2,5-6,8,10,12,16H,3-4,7,9,11H2/t16-/m1/s1. The zero-order valence-electron chi connectivity index (χ0n) is 14.1. The molecule has 0 radical (unpaired) electrons. The predicted octanol–water partition coefficient (Wildman–Crippen LogP) is 3.29. The van der Waals surface area contributed by atoms with Crippen LogP contribution in [0.4, 0.5) is 4.39 Å². The first-order chi connectivity index (χ1) is 12.7. The molecule has 8 heteroatoms. The molecule has 0 spiro atoms. The van der Waals surface area contributed by atoms with Crippen LogP contribution in [0.3, 0.4) is 0 Å². The van der Waals surface area contributed by atoms with Crippen LogP contribution in [0.5, 0.6) is 0 Å². The largest absolute Gasteiger partial charge is 0.328 e. The number of carbonyl (C=O) groups is 1. The third-order valence-corrected chi connectivity index (χ3v) is 5.42. The Bertz CT molecular complexity index is 895. The number of hydrogen-bond donors (Lipinski definition) is 0. The summed E-state index contributed by atoms with van der Waals surface area (Å²) in [5.74, 6) is -0.444. The Morgan fingerprint density at radius 3 is 3.00 bits per heavy atom. The van der Waals surface area contributed by atoms with Crippen LogP contribution in [-0.4, -0.2) is 37.3 Å². The lowest BCUT2D eigenvalue weighted by molar-refractivity contribution is 0.0605. The van der Waals surface area contributed by atoms with Gasteiger partial charge in [-0.1, -0.05) is 23.4 Å². The molecule has 1 amide bonds. The topological polar surface area (TPSA) is 63.9 Å². The second kappa shape index (κ2) is 7.33. The second-order valence-electron chi connectivity index (χ2n) is 6.27. The third-order valence-electron chi connectivity index (χ3n) is 4.55. The van der Waals surface area contributed by atoms with E-state index in [-0.39, 0.29) is 30.0 Å². The molecular weight excluding hydrogens is 353 g/mol. The summed E-state index contributed by atoms with van der Waals surface area (Å²) < 4.78 is 15.3. The van der Waals surface area contributed by atoms with Crippen molar-refractivity contribution in [2.75, 3.05) is 6.54 Å². The van der Waals surface area contributed by atoms with Crippen molar-refractivity contribution in [3.8, 4) is 0 Å². The highest BCUT2D eigenvalue weighted by Gasteiger charge is 2.31. The molecule has 1 aliphatic rings. The number of amides is 1. The van der Waals surface area contributed by atoms with E-state index in [0.29, 0.717) is 12.1 Å². The van der Waals surface area contributed by atoms with Gasteiger partial charge in [-0.05, 0) is 25.3 Å². The minimum absolute atomic E-state index is 0.00651. The molecule has 6 nitrogen and oxygen atoms in total. The summed E-state index contributed by atoms with van der Waals surface area (Å²) in [7, 11) is 0. The number of carbonyl (C=O) groups excluding carboxylic acids is 1. The van der Waals surface area contributed by atoms with Crippen molar-refractivity contribution in [1.29, 1.82) is 0 Å². The van der Waals surface area contributed by atoms with E-state index in [0.717, 1.165) is 24.3 Å². The van der Waals surface area contributed by atoms with Crippen LogP contribution >= 0.6 is 11.3 Å². The number of likely N-dealkylation sites (tertiary alicyclic amines) is 1. The number of benzene rings is 1. The maximum absolute atomic E-state index is 13.8. The average molecular weight is 371 g/mol. The maximum atomic E-state index is 13.8. The molecule has 26 heavy (non-hydrogen) atoms. The van der Waals surface area contributed by atoms with Crippen LogP contribution in [0.1, 0.15) is 46.4 Å². The molecule has 3 aromatic rings. The van der Waals surface area contributed by atoms with Gasteiger partial charge >= 0.3 is 0 Å². The number of rotatable bonds is 4. The zero-order valence-corrected chi connectivity index (χ0v) is 14.9. The molecule has 3 heterocycles. The summed E-state index contributed by atoms with van der Waals surface area (Å²) in [6, 6.07) is 6.51. The molecule has 1 fully saturated rings. The van der Waals surface area contributed by atoms with Crippen molar-refractivity contribution in [1.82, 2.24) is 24.9 Å². The zero-order chi connectivity index (χ0) is 17.9. The summed E-state index contributed by atoms with van der Waals surface area (Å²) in [4.78, 5) is 19.2. The van der Waals surface area contributed by atoms with E-state index in [4.69, 9.17) is 0 Å². The van der Waals surface area contributed by atoms with Crippen LogP contribution in [-0.2, 0) is 6.54 Å². The highest BCUT2D eigenvalue weighted by Crippen LogP contribution is 2.32. The molecule has 0 aliphatic carbocycles. The number of halogens is 1. The van der Waals surface area contributed by atoms with Gasteiger partial charge in [0.2, 0.25) is 0 Å². The van der Waals surface area contributed by atoms with Gasteiger partial charge in [-0.2, -0.15) is 0 Å². The smallest absolute Gasteiger partial charge is 0.276 e. The molecule has 2 aromatic heterocycles. The third kappa shape index (κ3) is 3.37. The highest BCUT2D eigenvalue weighted by atomic mass is 32.1. The Hall–Kier alpha value is -2.61. The Morgan fingerprint density at radius 2 is 2.19 bits per heavy atom. The van der Waals surface area contributed by atoms with Crippen molar-refractivity contribution >= 4 is 17.2 Å². The van der Waals surface area contributed by atoms with E-state index in [1.54, 1.807) is 41.9 Å². The first-order valence-electron chi connectivity index (χ1n) is 8.56. The molecule has 1 aliphatic heterocycles. The molecule has 1 aromatic carbocycles. The maximum Gasteiger partial charge on any atom is 0.276 e. The number of aromatic nitrogens is 4. The number of nitrogens with zero attached hydrogens (tertiary/aromatic N) is 5. The van der Waals surface area contributed by atoms with Gasteiger partial charge in [0.15, 0.2) is 5.69 Å². The van der Waals surface area contributed by atoms with Crippen LogP contribution in [0.15, 0.2) is 42.0 Å². The molecule has 0 saturated carbocycles. The van der Waals surface area contributed by atoms with E-state index < -0.39 is 0 Å². The Labute approximate surface area is 154 Å². The quantitative estimate of drug-likeness (QED) is 0.706. The Morgan fingerprint density at radius 1 is 1.31 bits per heavy atom. The van der Waals surface area contributed by atoms with E-state index in [9.17, 15) is 9.18 Å². The molecule has 134 valence electrons. The van der Waals surface area contributed by atoms with E-state index in [1.165, 1.54) is 10.7 Å². The first kappa shape index (κ1) is 16.8. The number of thiazole rings is 1. The summed E-state index contributed by atoms with van der Waals surface area (Å²) in [5, 5.41) is 10.9. The van der Waals surface area contributed by atoms with Gasteiger partial charge < -0.3 is 4.90 Å². The molecule has 0 N–H and O–H groups in total. The summed E-state index contributed by atoms with van der Waals surface area (Å²) >= 11 is 1.57. The van der Waals surface area contributed by atoms with Gasteiger partial charge in [0.05, 0.1) is 18.8 Å². The minimum atomic E-state index is -0.296. The number of piperidine rings is 1. The highest BCUT2D eigenvalue weighted by molar-refractivity contribution is 7.09. The lowest BCUT2D eigenvalue weighted by Crippen LogP contribution is -2.38. The molecular formula is C18H18FN5OS. The van der Waals surface area contributed by atoms with Gasteiger partial charge in [-0.15, -0.1) is 16.4 Å². The lowest BCUT2D eigenvalue weighted by Gasteiger charge is -2.33. The van der Waals surface area contributed by atoms with Crippen LogP contribution in [0, 0.1) is 5.82 Å². The summed E-state index contributed by atoms with van der Waals surface area (Å²) in [5.41, 5.74) is 0.792. The Kier molecular flexibility index (Phi) is 4.75. The van der Waals surface area contributed by atoms with Crippen molar-refractivity contribution in [3.63, 3.8) is 0 Å². The van der Waals surface area contributed by atoms with Crippen LogP contribution < -0.4 is 0 Å². The minimum Gasteiger partial charge on any atom is -0.328 e. The fourth-order valence-electron chi connectivity index (χ4n) is 3.25. The van der Waals surface area contributed by atoms with Crippen molar-refractivity contribution in [2.24, 2.45) is 0 Å². The summed E-state index contributed by atoms with van der Waals surface area (Å²) in [6.07, 6.45) is 6.30. The Balaban J connectivity index is 1.53. The number of hydrogen-bond acceptors (Lipinski definition) is 5. The average Bonchev–Trinajstić information content (AvgIpc) is 3.35. The van der Waals surface area contributed by atoms with Gasteiger partial charge in [0, 0.05) is 23.7 Å². The van der Waals surface area contributed by atoms with Crippen LogP contribution in [0.2, 0.25) is 0 Å². The van der Waals surface area contributed by atoms with Crippen molar-refractivity contribution in [3.05, 3.63) is 64.1 Å². The molecule has 0 unspecified atom stereocenters. The van der Waals surface area contributed by atoms with E-state index in [1.807, 2.05) is 10.3 Å². The van der Waals surface area contributed by atoms with E-state index >= 15 is 0 Å². The van der Waals surface area contributed by atoms with E-state index in [2.05, 4.69) is 15.3 Å². The summed E-state index contributed by atoms with van der Waals surface area (Å²) in [6.45, 7) is 0.923. The van der Waals surface area contributed by atoms with Gasteiger partial charge in [0.1, 0.15) is 10.8 Å². The molecule has 1 atom stereocenters. The van der Waals surface area contributed by atoms with Crippen molar-refractivity contribution in [2.45, 2.75) is 31.8 Å². The van der Waals surface area contributed by atoms with Gasteiger partial charge in [-0.25, -0.2) is 14.1 Å². The van der Waals surface area contributed by atoms with Gasteiger partial charge in [0.25, 0.3) is 5.91 Å². The molecule has 0 bridgehead atoms. The molecule has 4 rings (SSSR count). The lowest BCUT2D eigenvalue weighted by atomic mass is 10.0. The fraction of sp³-hybridized carbons (Fsp3) is 0.333.